The van der Waals surface area contributed by atoms with Gasteiger partial charge >= 0.3 is 0 Å². The number of piperidine rings is 1. The largest absolute Gasteiger partial charge is 0.338 e. The van der Waals surface area contributed by atoms with Crippen LogP contribution in [0.3, 0.4) is 0 Å². The summed E-state index contributed by atoms with van der Waals surface area (Å²) in [5.74, 6) is 1.75. The Kier molecular flexibility index (Phi) is 4.69. The number of amides is 1. The zero-order valence-corrected chi connectivity index (χ0v) is 12.3. The highest BCUT2D eigenvalue weighted by Gasteiger charge is 2.24. The fourth-order valence-electron chi connectivity index (χ4n) is 2.47. The summed E-state index contributed by atoms with van der Waals surface area (Å²) in [6, 6.07) is 3.37. The summed E-state index contributed by atoms with van der Waals surface area (Å²) in [6.07, 6.45) is 5.87. The van der Waals surface area contributed by atoms with Gasteiger partial charge in [0.15, 0.2) is 0 Å². The lowest BCUT2D eigenvalue weighted by molar-refractivity contribution is 0.0696. The smallest absolute Gasteiger partial charge is 0.263 e. The third-order valence-corrected chi connectivity index (χ3v) is 4.46. The Hall–Kier alpha value is -1.23. The molecule has 4 nitrogen and oxygen atoms in total. The maximum atomic E-state index is 12.3. The standard InChI is InChI=1S/C14H20N2O2S/c1-15-7-3-4-12(13(15)17)14(18)16-8-5-11(6-9-16)10-19-2/h3-4,7,11H,5-6,8-10H2,1-2H3. The minimum absolute atomic E-state index is 0.121. The molecule has 0 radical (unpaired) electrons. The van der Waals surface area contributed by atoms with Gasteiger partial charge in [-0.1, -0.05) is 0 Å². The van der Waals surface area contributed by atoms with E-state index >= 15 is 0 Å². The molecule has 0 aromatic carbocycles. The molecule has 1 aliphatic rings. The number of aromatic nitrogens is 1. The summed E-state index contributed by atoms with van der Waals surface area (Å²) in [6.45, 7) is 1.53. The van der Waals surface area contributed by atoms with Crippen LogP contribution in [0.5, 0.6) is 0 Å². The van der Waals surface area contributed by atoms with Crippen molar-refractivity contribution in [3.63, 3.8) is 0 Å². The molecule has 0 spiro atoms. The van der Waals surface area contributed by atoms with Crippen molar-refractivity contribution < 1.29 is 4.79 Å². The van der Waals surface area contributed by atoms with Gasteiger partial charge in [-0.2, -0.15) is 11.8 Å². The molecule has 1 aromatic heterocycles. The summed E-state index contributed by atoms with van der Waals surface area (Å²) in [7, 11) is 1.67. The van der Waals surface area contributed by atoms with Crippen LogP contribution < -0.4 is 5.56 Å². The summed E-state index contributed by atoms with van der Waals surface area (Å²) in [5.41, 5.74) is 0.0760. The summed E-state index contributed by atoms with van der Waals surface area (Å²) >= 11 is 1.86. The number of thioether (sulfide) groups is 1. The first kappa shape index (κ1) is 14.2. The number of hydrogen-bond donors (Lipinski definition) is 0. The maximum absolute atomic E-state index is 12.3. The molecule has 0 saturated carbocycles. The monoisotopic (exact) mass is 280 g/mol. The van der Waals surface area contributed by atoms with E-state index in [1.165, 1.54) is 4.57 Å². The molecule has 1 aliphatic heterocycles. The average Bonchev–Trinajstić information content (AvgIpc) is 2.42. The first-order chi connectivity index (χ1) is 9.13. The Balaban J connectivity index is 2.06. The number of nitrogens with zero attached hydrogens (tertiary/aromatic N) is 2. The zero-order chi connectivity index (χ0) is 13.8. The number of likely N-dealkylation sites (tertiary alicyclic amines) is 1. The van der Waals surface area contributed by atoms with Crippen LogP contribution >= 0.6 is 11.8 Å². The van der Waals surface area contributed by atoms with E-state index in [1.54, 1.807) is 25.4 Å². The van der Waals surface area contributed by atoms with Crippen molar-refractivity contribution in [2.45, 2.75) is 12.8 Å². The van der Waals surface area contributed by atoms with Gasteiger partial charge in [0.05, 0.1) is 0 Å². The Morgan fingerprint density at radius 1 is 1.42 bits per heavy atom. The Labute approximate surface area is 117 Å². The molecule has 0 unspecified atom stereocenters. The van der Waals surface area contributed by atoms with Crippen LogP contribution in [0, 0.1) is 5.92 Å². The Morgan fingerprint density at radius 2 is 2.11 bits per heavy atom. The predicted molar refractivity (Wildman–Crippen MR) is 78.7 cm³/mol. The lowest BCUT2D eigenvalue weighted by Gasteiger charge is -2.31. The summed E-state index contributed by atoms with van der Waals surface area (Å²) < 4.78 is 1.45. The molecular formula is C14H20N2O2S. The zero-order valence-electron chi connectivity index (χ0n) is 11.5. The number of pyridine rings is 1. The van der Waals surface area contributed by atoms with Gasteiger partial charge in [-0.3, -0.25) is 9.59 Å². The molecule has 1 saturated heterocycles. The van der Waals surface area contributed by atoms with Gasteiger partial charge in [0.25, 0.3) is 11.5 Å². The van der Waals surface area contributed by atoms with Crippen LogP contribution in [0.2, 0.25) is 0 Å². The second-order valence-electron chi connectivity index (χ2n) is 5.03. The molecule has 0 N–H and O–H groups in total. The van der Waals surface area contributed by atoms with Gasteiger partial charge in [0, 0.05) is 26.3 Å². The average molecular weight is 280 g/mol. The van der Waals surface area contributed by atoms with Crippen LogP contribution in [-0.4, -0.2) is 40.5 Å². The highest BCUT2D eigenvalue weighted by molar-refractivity contribution is 7.98. The Bertz CT molecular complexity index is 504. The molecule has 1 aromatic rings. The minimum atomic E-state index is -0.210. The van der Waals surface area contributed by atoms with Crippen molar-refractivity contribution >= 4 is 17.7 Å². The molecule has 5 heteroatoms. The second-order valence-corrected chi connectivity index (χ2v) is 5.94. The first-order valence-corrected chi connectivity index (χ1v) is 7.96. The van der Waals surface area contributed by atoms with E-state index in [1.807, 2.05) is 16.7 Å². The van der Waals surface area contributed by atoms with Crippen LogP contribution in [0.1, 0.15) is 23.2 Å². The topological polar surface area (TPSA) is 42.3 Å². The van der Waals surface area contributed by atoms with E-state index in [4.69, 9.17) is 0 Å². The first-order valence-electron chi connectivity index (χ1n) is 6.57. The van der Waals surface area contributed by atoms with Gasteiger partial charge in [-0.15, -0.1) is 0 Å². The quantitative estimate of drug-likeness (QED) is 0.844. The van der Waals surface area contributed by atoms with E-state index in [9.17, 15) is 9.59 Å². The third-order valence-electron chi connectivity index (χ3n) is 3.66. The maximum Gasteiger partial charge on any atom is 0.263 e. The van der Waals surface area contributed by atoms with Crippen LogP contribution in [-0.2, 0) is 7.05 Å². The number of hydrogen-bond acceptors (Lipinski definition) is 3. The van der Waals surface area contributed by atoms with E-state index in [0.717, 1.165) is 31.7 Å². The fourth-order valence-corrected chi connectivity index (χ4v) is 3.27. The molecule has 2 heterocycles. The van der Waals surface area contributed by atoms with Crippen molar-refractivity contribution in [1.29, 1.82) is 0 Å². The highest BCUT2D eigenvalue weighted by Crippen LogP contribution is 2.21. The molecule has 104 valence electrons. The van der Waals surface area contributed by atoms with Crippen molar-refractivity contribution in [3.05, 3.63) is 34.2 Å². The van der Waals surface area contributed by atoms with E-state index < -0.39 is 0 Å². The van der Waals surface area contributed by atoms with Gasteiger partial charge in [-0.25, -0.2) is 0 Å². The van der Waals surface area contributed by atoms with Gasteiger partial charge in [0.1, 0.15) is 5.56 Å². The molecule has 0 atom stereocenters. The number of carbonyl (C=O) groups is 1. The third kappa shape index (κ3) is 3.21. The van der Waals surface area contributed by atoms with E-state index in [-0.39, 0.29) is 17.0 Å². The van der Waals surface area contributed by atoms with Crippen molar-refractivity contribution in [1.82, 2.24) is 9.47 Å². The molecular weight excluding hydrogens is 260 g/mol. The van der Waals surface area contributed by atoms with Crippen molar-refractivity contribution in [3.8, 4) is 0 Å². The van der Waals surface area contributed by atoms with Gasteiger partial charge in [0.2, 0.25) is 0 Å². The van der Waals surface area contributed by atoms with Crippen molar-refractivity contribution in [2.24, 2.45) is 13.0 Å². The van der Waals surface area contributed by atoms with Crippen molar-refractivity contribution in [2.75, 3.05) is 25.1 Å². The summed E-state index contributed by atoms with van der Waals surface area (Å²) in [4.78, 5) is 26.1. The number of rotatable bonds is 3. The highest BCUT2D eigenvalue weighted by atomic mass is 32.2. The lowest BCUT2D eigenvalue weighted by Crippen LogP contribution is -2.41. The van der Waals surface area contributed by atoms with E-state index in [2.05, 4.69) is 6.26 Å². The Morgan fingerprint density at radius 3 is 2.74 bits per heavy atom. The molecule has 1 fully saturated rings. The van der Waals surface area contributed by atoms with Gasteiger partial charge < -0.3 is 9.47 Å². The number of carbonyl (C=O) groups excluding carboxylic acids is 1. The lowest BCUT2D eigenvalue weighted by atomic mass is 9.98. The predicted octanol–water partition coefficient (Wildman–Crippen LogP) is 1.60. The molecule has 1 amide bonds. The van der Waals surface area contributed by atoms with Crippen LogP contribution in [0.25, 0.3) is 0 Å². The normalized spacial score (nSPS) is 16.6. The number of aryl methyl sites for hydroxylation is 1. The van der Waals surface area contributed by atoms with Crippen LogP contribution in [0.15, 0.2) is 23.1 Å². The van der Waals surface area contributed by atoms with Gasteiger partial charge in [-0.05, 0) is 42.9 Å². The minimum Gasteiger partial charge on any atom is -0.338 e. The molecule has 0 bridgehead atoms. The fraction of sp³-hybridized carbons (Fsp3) is 0.571. The molecule has 2 rings (SSSR count). The van der Waals surface area contributed by atoms with E-state index in [0.29, 0.717) is 5.92 Å². The second kappa shape index (κ2) is 6.28. The molecule has 0 aliphatic carbocycles. The van der Waals surface area contributed by atoms with Crippen LogP contribution in [0.4, 0.5) is 0 Å². The molecule has 19 heavy (non-hydrogen) atoms. The summed E-state index contributed by atoms with van der Waals surface area (Å²) in [5, 5.41) is 0. The SMILES string of the molecule is CSCC1CCN(C(=O)c2cccn(C)c2=O)CC1.